The van der Waals surface area contributed by atoms with E-state index in [0.29, 0.717) is 0 Å². The summed E-state index contributed by atoms with van der Waals surface area (Å²) in [6.45, 7) is 5.97. The van der Waals surface area contributed by atoms with Crippen LogP contribution in [0.2, 0.25) is 0 Å². The average Bonchev–Trinajstić information content (AvgIpc) is 2.28. The summed E-state index contributed by atoms with van der Waals surface area (Å²) in [7, 11) is 0. The molecular weight excluding hydrogens is 212 g/mol. The maximum absolute atomic E-state index is 11.8. The largest absolute Gasteiger partial charge is 0.459 e. The highest BCUT2D eigenvalue weighted by atomic mass is 16.6. The van der Waals surface area contributed by atoms with Crippen molar-refractivity contribution in [2.75, 3.05) is 0 Å². The first-order chi connectivity index (χ1) is 8.00. The molecule has 0 saturated heterocycles. The van der Waals surface area contributed by atoms with Crippen molar-refractivity contribution in [3.05, 3.63) is 0 Å². The van der Waals surface area contributed by atoms with Gasteiger partial charge in [0.25, 0.3) is 0 Å². The molecule has 2 aliphatic carbocycles. The van der Waals surface area contributed by atoms with Gasteiger partial charge in [0.05, 0.1) is 5.92 Å². The van der Waals surface area contributed by atoms with Crippen LogP contribution in [0.15, 0.2) is 0 Å². The van der Waals surface area contributed by atoms with E-state index in [1.165, 1.54) is 32.1 Å². The van der Waals surface area contributed by atoms with Crippen LogP contribution in [-0.4, -0.2) is 11.6 Å². The van der Waals surface area contributed by atoms with Crippen molar-refractivity contribution in [1.82, 2.24) is 0 Å². The standard InChI is InChI=1S/C15H26O2/c1-11(2)14(16)17-15(3)9-8-12-6-4-5-7-13(12)10-15/h11-13H,4-10H2,1-3H3. The van der Waals surface area contributed by atoms with Crippen LogP contribution in [0.5, 0.6) is 0 Å². The fourth-order valence-electron chi connectivity index (χ4n) is 3.53. The van der Waals surface area contributed by atoms with Crippen molar-refractivity contribution in [3.63, 3.8) is 0 Å². The minimum Gasteiger partial charge on any atom is -0.459 e. The molecule has 3 unspecified atom stereocenters. The summed E-state index contributed by atoms with van der Waals surface area (Å²) in [6.07, 6.45) is 8.94. The summed E-state index contributed by atoms with van der Waals surface area (Å²) in [5, 5.41) is 0. The van der Waals surface area contributed by atoms with Gasteiger partial charge in [0.15, 0.2) is 0 Å². The SMILES string of the molecule is CC(C)C(=O)OC1(C)CCC2CCCCC2C1. The Morgan fingerprint density at radius 1 is 1.18 bits per heavy atom. The van der Waals surface area contributed by atoms with Crippen molar-refractivity contribution < 1.29 is 9.53 Å². The van der Waals surface area contributed by atoms with E-state index in [1.807, 2.05) is 13.8 Å². The number of ether oxygens (including phenoxy) is 1. The second-order valence-corrected chi connectivity index (χ2v) is 6.57. The lowest BCUT2D eigenvalue weighted by atomic mass is 9.66. The van der Waals surface area contributed by atoms with Gasteiger partial charge in [-0.25, -0.2) is 0 Å². The Balaban J connectivity index is 1.95. The van der Waals surface area contributed by atoms with Gasteiger partial charge in [-0.1, -0.05) is 39.5 Å². The van der Waals surface area contributed by atoms with Crippen LogP contribution >= 0.6 is 0 Å². The molecule has 2 saturated carbocycles. The van der Waals surface area contributed by atoms with E-state index in [-0.39, 0.29) is 17.5 Å². The topological polar surface area (TPSA) is 26.3 Å². The van der Waals surface area contributed by atoms with E-state index >= 15 is 0 Å². The second kappa shape index (κ2) is 4.99. The Hall–Kier alpha value is -0.530. The van der Waals surface area contributed by atoms with E-state index < -0.39 is 0 Å². The third-order valence-corrected chi connectivity index (χ3v) is 4.62. The molecule has 0 radical (unpaired) electrons. The quantitative estimate of drug-likeness (QED) is 0.681. The fourth-order valence-corrected chi connectivity index (χ4v) is 3.53. The first-order valence-corrected chi connectivity index (χ1v) is 7.23. The van der Waals surface area contributed by atoms with Crippen LogP contribution in [0.1, 0.15) is 65.7 Å². The highest BCUT2D eigenvalue weighted by Gasteiger charge is 2.41. The van der Waals surface area contributed by atoms with E-state index in [9.17, 15) is 4.79 Å². The predicted molar refractivity (Wildman–Crippen MR) is 68.6 cm³/mol. The molecule has 2 rings (SSSR count). The highest BCUT2D eigenvalue weighted by molar-refractivity contribution is 5.72. The lowest BCUT2D eigenvalue weighted by Crippen LogP contribution is -2.42. The predicted octanol–water partition coefficient (Wildman–Crippen LogP) is 3.93. The Kier molecular flexibility index (Phi) is 3.79. The maximum Gasteiger partial charge on any atom is 0.308 e. The number of carbonyl (C=O) groups excluding carboxylic acids is 1. The molecule has 2 fully saturated rings. The number of fused-ring (bicyclic) bond motifs is 1. The van der Waals surface area contributed by atoms with Crippen molar-refractivity contribution in [3.8, 4) is 0 Å². The molecule has 2 nitrogen and oxygen atoms in total. The lowest BCUT2D eigenvalue weighted by Gasteiger charge is -2.44. The third-order valence-electron chi connectivity index (χ3n) is 4.62. The maximum atomic E-state index is 11.8. The van der Waals surface area contributed by atoms with Crippen LogP contribution in [0.4, 0.5) is 0 Å². The zero-order valence-electron chi connectivity index (χ0n) is 11.5. The molecule has 0 aliphatic heterocycles. The lowest BCUT2D eigenvalue weighted by molar-refractivity contribution is -0.169. The van der Waals surface area contributed by atoms with Gasteiger partial charge in [0, 0.05) is 0 Å². The molecule has 0 spiro atoms. The van der Waals surface area contributed by atoms with Gasteiger partial charge in [0.1, 0.15) is 5.60 Å². The molecule has 17 heavy (non-hydrogen) atoms. The van der Waals surface area contributed by atoms with Gasteiger partial charge in [-0.15, -0.1) is 0 Å². The molecule has 98 valence electrons. The summed E-state index contributed by atoms with van der Waals surface area (Å²) >= 11 is 0. The molecule has 0 aromatic heterocycles. The number of hydrogen-bond donors (Lipinski definition) is 0. The summed E-state index contributed by atoms with van der Waals surface area (Å²) in [5.41, 5.74) is -0.181. The first-order valence-electron chi connectivity index (χ1n) is 7.23. The summed E-state index contributed by atoms with van der Waals surface area (Å²) in [5.74, 6) is 1.69. The van der Waals surface area contributed by atoms with Crippen LogP contribution in [0.25, 0.3) is 0 Å². The average molecular weight is 238 g/mol. The summed E-state index contributed by atoms with van der Waals surface area (Å²) < 4.78 is 5.75. The van der Waals surface area contributed by atoms with Crippen LogP contribution in [0, 0.1) is 17.8 Å². The fraction of sp³-hybridized carbons (Fsp3) is 0.933. The molecular formula is C15H26O2. The molecule has 0 heterocycles. The first kappa shape index (κ1) is 12.9. The van der Waals surface area contributed by atoms with E-state index in [2.05, 4.69) is 6.92 Å². The van der Waals surface area contributed by atoms with Crippen molar-refractivity contribution >= 4 is 5.97 Å². The summed E-state index contributed by atoms with van der Waals surface area (Å²) in [4.78, 5) is 11.8. The van der Waals surface area contributed by atoms with E-state index in [1.54, 1.807) is 0 Å². The second-order valence-electron chi connectivity index (χ2n) is 6.57. The van der Waals surface area contributed by atoms with Gasteiger partial charge in [-0.3, -0.25) is 4.79 Å². The molecule has 0 bridgehead atoms. The molecule has 0 aromatic carbocycles. The van der Waals surface area contributed by atoms with Crippen molar-refractivity contribution in [2.45, 2.75) is 71.3 Å². The molecule has 2 heteroatoms. The third kappa shape index (κ3) is 3.02. The highest BCUT2D eigenvalue weighted by Crippen LogP contribution is 2.45. The van der Waals surface area contributed by atoms with Gasteiger partial charge < -0.3 is 4.74 Å². The Morgan fingerprint density at radius 2 is 1.82 bits per heavy atom. The van der Waals surface area contributed by atoms with Gasteiger partial charge in [-0.2, -0.15) is 0 Å². The molecule has 0 amide bonds. The number of rotatable bonds is 2. The van der Waals surface area contributed by atoms with Crippen LogP contribution < -0.4 is 0 Å². The minimum atomic E-state index is -0.181. The Morgan fingerprint density at radius 3 is 2.47 bits per heavy atom. The van der Waals surface area contributed by atoms with Crippen molar-refractivity contribution in [2.24, 2.45) is 17.8 Å². The van der Waals surface area contributed by atoms with E-state index in [0.717, 1.165) is 24.7 Å². The van der Waals surface area contributed by atoms with Crippen molar-refractivity contribution in [1.29, 1.82) is 0 Å². The number of hydrogen-bond acceptors (Lipinski definition) is 2. The molecule has 0 aromatic rings. The number of carbonyl (C=O) groups is 1. The van der Waals surface area contributed by atoms with Gasteiger partial charge in [0.2, 0.25) is 0 Å². The molecule has 2 aliphatic rings. The van der Waals surface area contributed by atoms with Gasteiger partial charge in [-0.05, 0) is 38.0 Å². The minimum absolute atomic E-state index is 0.00379. The normalized spacial score (nSPS) is 37.6. The Bertz CT molecular complexity index is 285. The smallest absolute Gasteiger partial charge is 0.308 e. The van der Waals surface area contributed by atoms with E-state index in [4.69, 9.17) is 4.74 Å². The van der Waals surface area contributed by atoms with Crippen LogP contribution in [-0.2, 0) is 9.53 Å². The molecule has 0 N–H and O–H groups in total. The van der Waals surface area contributed by atoms with Crippen LogP contribution in [0.3, 0.4) is 0 Å². The van der Waals surface area contributed by atoms with Gasteiger partial charge >= 0.3 is 5.97 Å². The monoisotopic (exact) mass is 238 g/mol. The zero-order chi connectivity index (χ0) is 12.5. The Labute approximate surface area is 105 Å². The molecule has 3 atom stereocenters. The zero-order valence-corrected chi connectivity index (χ0v) is 11.5. The summed E-state index contributed by atoms with van der Waals surface area (Å²) in [6, 6.07) is 0. The number of esters is 1.